The zero-order valence-electron chi connectivity index (χ0n) is 19.2. The van der Waals surface area contributed by atoms with Gasteiger partial charge in [-0.3, -0.25) is 4.79 Å². The number of anilines is 2. The van der Waals surface area contributed by atoms with E-state index in [0.29, 0.717) is 34.6 Å². The first kappa shape index (κ1) is 24.2. The van der Waals surface area contributed by atoms with Crippen LogP contribution in [0.15, 0.2) is 49.3 Å². The maximum atomic E-state index is 14.6. The van der Waals surface area contributed by atoms with Crippen LogP contribution in [0.3, 0.4) is 0 Å². The van der Waals surface area contributed by atoms with E-state index in [9.17, 15) is 14.0 Å². The Morgan fingerprint density at radius 1 is 1.31 bits per heavy atom. The first-order valence-corrected chi connectivity index (χ1v) is 11.1. The van der Waals surface area contributed by atoms with Crippen molar-refractivity contribution in [2.24, 2.45) is 5.73 Å². The SMILES string of the molecule is C=CC(=O)N1CCN(C(N)=O)[C@](C)(c2cc3c(Nc4cccc(Cl)c4F)ncnc3cc2OC)C1. The van der Waals surface area contributed by atoms with Gasteiger partial charge in [0.25, 0.3) is 0 Å². The Hall–Kier alpha value is -3.92. The molecule has 9 nitrogen and oxygen atoms in total. The second-order valence-electron chi connectivity index (χ2n) is 8.25. The molecule has 1 aliphatic heterocycles. The van der Waals surface area contributed by atoms with Crippen molar-refractivity contribution in [1.82, 2.24) is 19.8 Å². The highest BCUT2D eigenvalue weighted by Crippen LogP contribution is 2.41. The van der Waals surface area contributed by atoms with E-state index >= 15 is 0 Å². The number of nitrogens with zero attached hydrogens (tertiary/aromatic N) is 4. The van der Waals surface area contributed by atoms with Crippen molar-refractivity contribution in [3.8, 4) is 5.75 Å². The predicted octanol–water partition coefficient (Wildman–Crippen LogP) is 3.80. The number of piperazine rings is 1. The van der Waals surface area contributed by atoms with Crippen LogP contribution in [0.4, 0.5) is 20.7 Å². The molecule has 182 valence electrons. The summed E-state index contributed by atoms with van der Waals surface area (Å²) in [5, 5.41) is 3.48. The van der Waals surface area contributed by atoms with Gasteiger partial charge in [-0.25, -0.2) is 19.2 Å². The summed E-state index contributed by atoms with van der Waals surface area (Å²) in [6, 6.07) is 7.42. The van der Waals surface area contributed by atoms with E-state index < -0.39 is 17.4 Å². The summed E-state index contributed by atoms with van der Waals surface area (Å²) in [6.45, 7) is 6.05. The van der Waals surface area contributed by atoms with Gasteiger partial charge in [-0.15, -0.1) is 0 Å². The Morgan fingerprint density at radius 3 is 2.77 bits per heavy atom. The quantitative estimate of drug-likeness (QED) is 0.517. The smallest absolute Gasteiger partial charge is 0.315 e. The van der Waals surface area contributed by atoms with E-state index in [0.717, 1.165) is 0 Å². The van der Waals surface area contributed by atoms with Gasteiger partial charge in [0.05, 0.1) is 28.9 Å². The van der Waals surface area contributed by atoms with E-state index in [1.165, 1.54) is 36.5 Å². The van der Waals surface area contributed by atoms with Gasteiger partial charge >= 0.3 is 6.03 Å². The largest absolute Gasteiger partial charge is 0.496 e. The number of rotatable bonds is 5. The number of carbonyl (C=O) groups is 2. The van der Waals surface area contributed by atoms with E-state index in [1.54, 1.807) is 30.0 Å². The summed E-state index contributed by atoms with van der Waals surface area (Å²) in [6.07, 6.45) is 2.57. The van der Waals surface area contributed by atoms with Crippen LogP contribution in [-0.4, -0.2) is 58.5 Å². The lowest BCUT2D eigenvalue weighted by atomic mass is 9.85. The van der Waals surface area contributed by atoms with E-state index in [4.69, 9.17) is 22.1 Å². The third-order valence-corrected chi connectivity index (χ3v) is 6.47. The van der Waals surface area contributed by atoms with Gasteiger partial charge in [-0.05, 0) is 31.2 Å². The van der Waals surface area contributed by atoms with Gasteiger partial charge in [0.15, 0.2) is 5.82 Å². The fraction of sp³-hybridized carbons (Fsp3) is 0.250. The van der Waals surface area contributed by atoms with E-state index in [-0.39, 0.29) is 29.7 Å². The molecule has 1 aliphatic rings. The van der Waals surface area contributed by atoms with Crippen molar-refractivity contribution < 1.29 is 18.7 Å². The number of aromatic nitrogens is 2. The van der Waals surface area contributed by atoms with Gasteiger partial charge in [0.1, 0.15) is 17.9 Å². The van der Waals surface area contributed by atoms with Gasteiger partial charge in [-0.2, -0.15) is 0 Å². The minimum absolute atomic E-state index is 0.0329. The Kier molecular flexibility index (Phi) is 6.49. The van der Waals surface area contributed by atoms with Crippen molar-refractivity contribution in [3.63, 3.8) is 0 Å². The van der Waals surface area contributed by atoms with Crippen LogP contribution >= 0.6 is 11.6 Å². The molecule has 3 N–H and O–H groups in total. The topological polar surface area (TPSA) is 114 Å². The number of primary amides is 1. The monoisotopic (exact) mass is 498 g/mol. The highest BCUT2D eigenvalue weighted by atomic mass is 35.5. The molecule has 2 aromatic carbocycles. The normalized spacial score (nSPS) is 17.8. The minimum Gasteiger partial charge on any atom is -0.496 e. The van der Waals surface area contributed by atoms with Gasteiger partial charge in [0.2, 0.25) is 5.91 Å². The molecule has 3 amide bonds. The summed E-state index contributed by atoms with van der Waals surface area (Å²) in [4.78, 5) is 36.5. The third kappa shape index (κ3) is 4.32. The van der Waals surface area contributed by atoms with Crippen molar-refractivity contribution in [1.29, 1.82) is 0 Å². The molecule has 0 radical (unpaired) electrons. The van der Waals surface area contributed by atoms with Crippen molar-refractivity contribution in [2.45, 2.75) is 12.5 Å². The number of fused-ring (bicyclic) bond motifs is 1. The molecule has 4 rings (SSSR count). The Labute approximate surface area is 206 Å². The lowest BCUT2D eigenvalue weighted by Crippen LogP contribution is -2.62. The van der Waals surface area contributed by atoms with Crippen LogP contribution in [0.25, 0.3) is 10.9 Å². The van der Waals surface area contributed by atoms with Crippen LogP contribution in [0.5, 0.6) is 5.75 Å². The zero-order valence-corrected chi connectivity index (χ0v) is 20.0. The third-order valence-electron chi connectivity index (χ3n) is 6.18. The number of hydrogen-bond acceptors (Lipinski definition) is 6. The second kappa shape index (κ2) is 9.38. The van der Waals surface area contributed by atoms with E-state index in [2.05, 4.69) is 21.9 Å². The molecule has 2 heterocycles. The zero-order chi connectivity index (χ0) is 25.3. The molecule has 1 atom stereocenters. The number of amides is 3. The van der Waals surface area contributed by atoms with Crippen LogP contribution in [0.2, 0.25) is 5.02 Å². The van der Waals surface area contributed by atoms with Gasteiger partial charge in [0, 0.05) is 36.7 Å². The number of urea groups is 1. The Balaban J connectivity index is 1.89. The average molecular weight is 499 g/mol. The number of nitrogens with one attached hydrogen (secondary N) is 1. The summed E-state index contributed by atoms with van der Waals surface area (Å²) in [5.41, 5.74) is 5.93. The van der Waals surface area contributed by atoms with Crippen molar-refractivity contribution in [3.05, 3.63) is 65.7 Å². The van der Waals surface area contributed by atoms with Crippen LogP contribution in [0, 0.1) is 5.82 Å². The molecule has 1 saturated heterocycles. The van der Waals surface area contributed by atoms with Crippen molar-refractivity contribution >= 4 is 45.9 Å². The molecule has 35 heavy (non-hydrogen) atoms. The molecule has 3 aromatic rings. The highest BCUT2D eigenvalue weighted by molar-refractivity contribution is 6.31. The summed E-state index contributed by atoms with van der Waals surface area (Å²) < 4.78 is 20.2. The van der Waals surface area contributed by atoms with Gasteiger partial charge < -0.3 is 25.6 Å². The minimum atomic E-state index is -1.04. The summed E-state index contributed by atoms with van der Waals surface area (Å²) in [5.74, 6) is -0.114. The molecular weight excluding hydrogens is 475 g/mol. The number of benzene rings is 2. The lowest BCUT2D eigenvalue weighted by molar-refractivity contribution is -0.130. The molecule has 0 unspecified atom stereocenters. The number of carbonyl (C=O) groups excluding carboxylic acids is 2. The number of nitrogens with two attached hydrogens (primary N) is 1. The maximum Gasteiger partial charge on any atom is 0.315 e. The van der Waals surface area contributed by atoms with Crippen LogP contribution in [-0.2, 0) is 10.3 Å². The molecule has 0 saturated carbocycles. The first-order valence-electron chi connectivity index (χ1n) is 10.7. The molecule has 0 aliphatic carbocycles. The summed E-state index contributed by atoms with van der Waals surface area (Å²) >= 11 is 5.93. The highest BCUT2D eigenvalue weighted by Gasteiger charge is 2.44. The lowest BCUT2D eigenvalue weighted by Gasteiger charge is -2.48. The Morgan fingerprint density at radius 2 is 2.09 bits per heavy atom. The van der Waals surface area contributed by atoms with Crippen molar-refractivity contribution in [2.75, 3.05) is 32.1 Å². The molecule has 0 bridgehead atoms. The second-order valence-corrected chi connectivity index (χ2v) is 8.65. The van der Waals surface area contributed by atoms with E-state index in [1.807, 2.05) is 0 Å². The maximum absolute atomic E-state index is 14.6. The van der Waals surface area contributed by atoms with Crippen LogP contribution < -0.4 is 15.8 Å². The number of hydrogen-bond donors (Lipinski definition) is 2. The number of methoxy groups -OCH3 is 1. The fourth-order valence-corrected chi connectivity index (χ4v) is 4.58. The summed E-state index contributed by atoms with van der Waals surface area (Å²) in [7, 11) is 1.50. The standard InChI is InChI=1S/C24H24ClFN6O3/c1-4-20(33)31-8-9-32(23(27)34)24(2,12-31)15-10-14-18(11-19(15)35-3)28-13-29-22(14)30-17-7-5-6-16(25)21(17)26/h4-7,10-11,13H,1,8-9,12H2,2-3H3,(H2,27,34)(H,28,29,30)/t24-/m0/s1. The number of ether oxygens (including phenoxy) is 1. The Bertz CT molecular complexity index is 1340. The fourth-order valence-electron chi connectivity index (χ4n) is 4.41. The molecule has 1 fully saturated rings. The predicted molar refractivity (Wildman–Crippen MR) is 131 cm³/mol. The van der Waals surface area contributed by atoms with Crippen LogP contribution in [0.1, 0.15) is 12.5 Å². The molecule has 1 aromatic heterocycles. The number of halogens is 2. The molecule has 11 heteroatoms. The average Bonchev–Trinajstić information content (AvgIpc) is 2.85. The molecular formula is C24H24ClFN6O3. The molecule has 0 spiro atoms. The van der Waals surface area contributed by atoms with Gasteiger partial charge in [-0.1, -0.05) is 24.2 Å². The first-order chi connectivity index (χ1) is 16.7.